The first kappa shape index (κ1) is 12.4. The Bertz CT molecular complexity index is 631. The average molecular weight is 240 g/mol. The zero-order chi connectivity index (χ0) is 13.3. The van der Waals surface area contributed by atoms with Crippen molar-refractivity contribution < 1.29 is 4.79 Å². The highest BCUT2D eigenvalue weighted by molar-refractivity contribution is 6.11. The second kappa shape index (κ2) is 4.66. The van der Waals surface area contributed by atoms with E-state index in [0.717, 1.165) is 16.6 Å². The van der Waals surface area contributed by atoms with Crippen LogP contribution < -0.4 is 0 Å². The number of aryl methyl sites for hydroxylation is 1. The lowest BCUT2D eigenvalue weighted by molar-refractivity contribution is 0.0925. The third kappa shape index (κ3) is 1.91. The van der Waals surface area contributed by atoms with Gasteiger partial charge in [-0.15, -0.1) is 0 Å². The van der Waals surface area contributed by atoms with E-state index >= 15 is 0 Å². The molecular weight excluding hydrogens is 224 g/mol. The number of rotatable bonds is 3. The maximum Gasteiger partial charge on any atom is 0.182 e. The fourth-order valence-electron chi connectivity index (χ4n) is 2.26. The topological polar surface area (TPSA) is 56.6 Å². The summed E-state index contributed by atoms with van der Waals surface area (Å²) < 4.78 is 0. The Morgan fingerprint density at radius 1 is 1.33 bits per heavy atom. The molecule has 1 atom stereocenters. The molecule has 1 heterocycles. The molecule has 0 radical (unpaired) electrons. The summed E-state index contributed by atoms with van der Waals surface area (Å²) in [5.41, 5.74) is 2.44. The molecule has 1 aromatic heterocycles. The van der Waals surface area contributed by atoms with Crippen LogP contribution in [0.3, 0.4) is 0 Å². The minimum Gasteiger partial charge on any atom is -0.358 e. The number of aromatic nitrogens is 1. The van der Waals surface area contributed by atoms with E-state index in [1.807, 2.05) is 45.0 Å². The van der Waals surface area contributed by atoms with Gasteiger partial charge < -0.3 is 4.98 Å². The molecule has 1 N–H and O–H groups in total. The van der Waals surface area contributed by atoms with E-state index in [-0.39, 0.29) is 11.7 Å². The summed E-state index contributed by atoms with van der Waals surface area (Å²) in [5.74, 6) is -0.638. The number of carbonyl (C=O) groups excluding carboxylic acids is 1. The fraction of sp³-hybridized carbons (Fsp3) is 0.333. The highest BCUT2D eigenvalue weighted by Gasteiger charge is 2.26. The van der Waals surface area contributed by atoms with Crippen molar-refractivity contribution >= 4 is 16.7 Å². The van der Waals surface area contributed by atoms with E-state index in [0.29, 0.717) is 5.56 Å². The molecule has 0 aliphatic heterocycles. The predicted octanol–water partition coefficient (Wildman–Crippen LogP) is 3.45. The number of carbonyl (C=O) groups is 1. The Labute approximate surface area is 106 Å². The lowest BCUT2D eigenvalue weighted by Gasteiger charge is -2.11. The van der Waals surface area contributed by atoms with Crippen LogP contribution >= 0.6 is 0 Å². The molecule has 2 rings (SSSR count). The molecule has 0 aliphatic rings. The van der Waals surface area contributed by atoms with Crippen molar-refractivity contribution in [2.24, 2.45) is 11.8 Å². The quantitative estimate of drug-likeness (QED) is 0.835. The molecule has 0 bridgehead atoms. The summed E-state index contributed by atoms with van der Waals surface area (Å²) in [4.78, 5) is 15.7. The van der Waals surface area contributed by atoms with Gasteiger partial charge in [-0.25, -0.2) is 0 Å². The highest BCUT2D eigenvalue weighted by Crippen LogP contribution is 2.26. The van der Waals surface area contributed by atoms with Gasteiger partial charge in [-0.3, -0.25) is 4.79 Å². The van der Waals surface area contributed by atoms with E-state index < -0.39 is 5.92 Å². The predicted molar refractivity (Wildman–Crippen MR) is 71.3 cm³/mol. The lowest BCUT2D eigenvalue weighted by Crippen LogP contribution is -2.19. The standard InChI is InChI=1S/C15H16N2O/c1-9(2)12(8-16)15(18)14-10(3)17-13-7-5-4-6-11(13)14/h4-7,9,12,17H,1-3H3. The van der Waals surface area contributed by atoms with Crippen LogP contribution in [0.4, 0.5) is 0 Å². The lowest BCUT2D eigenvalue weighted by atomic mass is 9.88. The molecule has 1 aromatic carbocycles. The summed E-state index contributed by atoms with van der Waals surface area (Å²) >= 11 is 0. The smallest absolute Gasteiger partial charge is 0.182 e. The summed E-state index contributed by atoms with van der Waals surface area (Å²) in [6.07, 6.45) is 0. The number of hydrogen-bond donors (Lipinski definition) is 1. The van der Waals surface area contributed by atoms with Crippen molar-refractivity contribution in [2.45, 2.75) is 20.8 Å². The van der Waals surface area contributed by atoms with Crippen LogP contribution in [0.5, 0.6) is 0 Å². The summed E-state index contributed by atoms with van der Waals surface area (Å²) in [6.45, 7) is 5.67. The van der Waals surface area contributed by atoms with Gasteiger partial charge in [0.05, 0.1) is 6.07 Å². The maximum atomic E-state index is 12.5. The number of H-pyrrole nitrogens is 1. The number of fused-ring (bicyclic) bond motifs is 1. The third-order valence-corrected chi connectivity index (χ3v) is 3.23. The Morgan fingerprint density at radius 3 is 2.61 bits per heavy atom. The van der Waals surface area contributed by atoms with E-state index in [4.69, 9.17) is 5.26 Å². The van der Waals surface area contributed by atoms with Gasteiger partial charge >= 0.3 is 0 Å². The first-order valence-electron chi connectivity index (χ1n) is 6.07. The summed E-state index contributed by atoms with van der Waals surface area (Å²) in [7, 11) is 0. The van der Waals surface area contributed by atoms with Crippen LogP contribution in [0, 0.1) is 30.1 Å². The Morgan fingerprint density at radius 2 is 2.00 bits per heavy atom. The molecule has 0 amide bonds. The van der Waals surface area contributed by atoms with Gasteiger partial charge in [0, 0.05) is 22.2 Å². The molecule has 1 unspecified atom stereocenters. The molecule has 3 heteroatoms. The molecule has 0 spiro atoms. The number of para-hydroxylation sites is 1. The number of nitrogens with one attached hydrogen (secondary N) is 1. The first-order valence-corrected chi connectivity index (χ1v) is 6.07. The minimum atomic E-state index is -0.581. The number of Topliss-reactive ketones (excluding diaryl/α,β-unsaturated/α-hetero) is 1. The van der Waals surface area contributed by atoms with Crippen LogP contribution in [0.25, 0.3) is 10.9 Å². The van der Waals surface area contributed by atoms with E-state index in [1.165, 1.54) is 0 Å². The van der Waals surface area contributed by atoms with Gasteiger partial charge in [0.2, 0.25) is 0 Å². The second-order valence-electron chi connectivity index (χ2n) is 4.89. The number of ketones is 1. The number of aromatic amines is 1. The SMILES string of the molecule is Cc1[nH]c2ccccc2c1C(=O)C(C#N)C(C)C. The van der Waals surface area contributed by atoms with Gasteiger partial charge in [-0.2, -0.15) is 5.26 Å². The van der Waals surface area contributed by atoms with Crippen molar-refractivity contribution in [3.8, 4) is 6.07 Å². The molecule has 2 aromatic rings. The van der Waals surface area contributed by atoms with Crippen LogP contribution in [0.1, 0.15) is 29.9 Å². The largest absolute Gasteiger partial charge is 0.358 e. The van der Waals surface area contributed by atoms with Crippen molar-refractivity contribution in [1.29, 1.82) is 5.26 Å². The Balaban J connectivity index is 2.58. The van der Waals surface area contributed by atoms with Crippen LogP contribution in [-0.2, 0) is 0 Å². The monoisotopic (exact) mass is 240 g/mol. The van der Waals surface area contributed by atoms with Gasteiger partial charge in [0.25, 0.3) is 0 Å². The molecule has 3 nitrogen and oxygen atoms in total. The molecule has 0 aliphatic carbocycles. The Kier molecular flexibility index (Phi) is 3.20. The third-order valence-electron chi connectivity index (χ3n) is 3.23. The van der Waals surface area contributed by atoms with Crippen molar-refractivity contribution in [1.82, 2.24) is 4.98 Å². The van der Waals surface area contributed by atoms with Crippen LogP contribution in [-0.4, -0.2) is 10.8 Å². The number of hydrogen-bond acceptors (Lipinski definition) is 2. The average Bonchev–Trinajstić information content (AvgIpc) is 2.64. The second-order valence-corrected chi connectivity index (χ2v) is 4.89. The summed E-state index contributed by atoms with van der Waals surface area (Å²) in [5, 5.41) is 10.1. The Hall–Kier alpha value is -2.08. The highest BCUT2D eigenvalue weighted by atomic mass is 16.1. The molecule has 0 saturated carbocycles. The number of benzene rings is 1. The fourth-order valence-corrected chi connectivity index (χ4v) is 2.26. The van der Waals surface area contributed by atoms with Crippen LogP contribution in [0.2, 0.25) is 0 Å². The van der Waals surface area contributed by atoms with Crippen molar-refractivity contribution in [3.05, 3.63) is 35.5 Å². The van der Waals surface area contributed by atoms with Gasteiger partial charge in [0.1, 0.15) is 5.92 Å². The first-order chi connectivity index (χ1) is 8.56. The van der Waals surface area contributed by atoms with E-state index in [9.17, 15) is 4.79 Å². The van der Waals surface area contributed by atoms with Gasteiger partial charge in [-0.05, 0) is 18.9 Å². The molecule has 92 valence electrons. The van der Waals surface area contributed by atoms with Crippen molar-refractivity contribution in [3.63, 3.8) is 0 Å². The van der Waals surface area contributed by atoms with Crippen molar-refractivity contribution in [2.75, 3.05) is 0 Å². The molecule has 0 fully saturated rings. The minimum absolute atomic E-state index is 0.0237. The maximum absolute atomic E-state index is 12.5. The summed E-state index contributed by atoms with van der Waals surface area (Å²) in [6, 6.07) is 9.81. The van der Waals surface area contributed by atoms with Gasteiger partial charge in [0.15, 0.2) is 5.78 Å². The zero-order valence-corrected chi connectivity index (χ0v) is 10.8. The van der Waals surface area contributed by atoms with E-state index in [2.05, 4.69) is 11.1 Å². The van der Waals surface area contributed by atoms with Crippen LogP contribution in [0.15, 0.2) is 24.3 Å². The number of nitrogens with zero attached hydrogens (tertiary/aromatic N) is 1. The molecule has 0 saturated heterocycles. The molecular formula is C15H16N2O. The number of nitriles is 1. The normalized spacial score (nSPS) is 12.6. The zero-order valence-electron chi connectivity index (χ0n) is 10.8. The van der Waals surface area contributed by atoms with E-state index in [1.54, 1.807) is 0 Å². The van der Waals surface area contributed by atoms with Gasteiger partial charge in [-0.1, -0.05) is 32.0 Å². The molecule has 18 heavy (non-hydrogen) atoms.